The van der Waals surface area contributed by atoms with Gasteiger partial charge in [-0.15, -0.1) is 11.3 Å². The summed E-state index contributed by atoms with van der Waals surface area (Å²) in [7, 11) is 1.70. The molecule has 0 amide bonds. The van der Waals surface area contributed by atoms with E-state index in [0.29, 0.717) is 18.2 Å². The number of nitrogens with zero attached hydrogens (tertiary/aromatic N) is 3. The molecule has 4 heterocycles. The van der Waals surface area contributed by atoms with Gasteiger partial charge < -0.3 is 9.15 Å². The zero-order chi connectivity index (χ0) is 19.1. The molecule has 6 heteroatoms. The van der Waals surface area contributed by atoms with E-state index in [4.69, 9.17) is 24.1 Å². The summed E-state index contributed by atoms with van der Waals surface area (Å²) in [6, 6.07) is 15.9. The lowest BCUT2D eigenvalue weighted by atomic mass is 10.1. The Hall–Kier alpha value is -3.09. The van der Waals surface area contributed by atoms with Crippen LogP contribution in [0.1, 0.15) is 11.3 Å². The summed E-state index contributed by atoms with van der Waals surface area (Å²) in [5.41, 5.74) is 4.87. The topological polar surface area (TPSA) is 61.0 Å². The van der Waals surface area contributed by atoms with Gasteiger partial charge in [-0.25, -0.2) is 15.0 Å². The standard InChI is InChI=1S/C22H17N3O2S/c1-13-11-15(12-26-2)17-19-20(28-22(17)23-13)18(14-7-4-3-5-8-14)24-21(25-19)16-9-6-10-27-16/h3-11H,12H2,1-2H3. The van der Waals surface area contributed by atoms with Gasteiger partial charge in [-0.05, 0) is 30.7 Å². The summed E-state index contributed by atoms with van der Waals surface area (Å²) < 4.78 is 12.0. The summed E-state index contributed by atoms with van der Waals surface area (Å²) in [5.74, 6) is 1.21. The van der Waals surface area contributed by atoms with Crippen molar-refractivity contribution in [1.29, 1.82) is 0 Å². The number of aromatic nitrogens is 3. The summed E-state index contributed by atoms with van der Waals surface area (Å²) in [4.78, 5) is 15.4. The molecular formula is C22H17N3O2S. The van der Waals surface area contributed by atoms with Crippen LogP contribution in [0.5, 0.6) is 0 Å². The van der Waals surface area contributed by atoms with Crippen LogP contribution >= 0.6 is 11.3 Å². The molecule has 5 aromatic rings. The van der Waals surface area contributed by atoms with Crippen molar-refractivity contribution in [3.05, 3.63) is 66.1 Å². The molecule has 4 aromatic heterocycles. The number of furan rings is 1. The van der Waals surface area contributed by atoms with Gasteiger partial charge in [0.2, 0.25) is 0 Å². The fourth-order valence-electron chi connectivity index (χ4n) is 3.43. The Morgan fingerprint density at radius 2 is 1.89 bits per heavy atom. The third-order valence-electron chi connectivity index (χ3n) is 4.59. The second-order valence-corrected chi connectivity index (χ2v) is 7.55. The van der Waals surface area contributed by atoms with Crippen molar-refractivity contribution >= 4 is 31.8 Å². The van der Waals surface area contributed by atoms with Crippen LogP contribution in [0.25, 0.3) is 43.3 Å². The van der Waals surface area contributed by atoms with E-state index in [0.717, 1.165) is 42.9 Å². The third kappa shape index (κ3) is 2.78. The van der Waals surface area contributed by atoms with Gasteiger partial charge in [0.1, 0.15) is 4.83 Å². The number of aryl methyl sites for hydroxylation is 1. The highest BCUT2D eigenvalue weighted by molar-refractivity contribution is 7.25. The van der Waals surface area contributed by atoms with Gasteiger partial charge >= 0.3 is 0 Å². The van der Waals surface area contributed by atoms with Crippen molar-refractivity contribution in [1.82, 2.24) is 15.0 Å². The molecule has 5 rings (SSSR count). The quantitative estimate of drug-likeness (QED) is 0.400. The first-order chi connectivity index (χ1) is 13.7. The first-order valence-corrected chi connectivity index (χ1v) is 9.75. The number of hydrogen-bond acceptors (Lipinski definition) is 6. The number of hydrogen-bond donors (Lipinski definition) is 0. The number of rotatable bonds is 4. The fourth-order valence-corrected chi connectivity index (χ4v) is 4.64. The zero-order valence-corrected chi connectivity index (χ0v) is 16.3. The molecule has 0 aliphatic carbocycles. The van der Waals surface area contributed by atoms with Gasteiger partial charge in [0.05, 0.1) is 28.8 Å². The van der Waals surface area contributed by atoms with Crippen LogP contribution in [-0.2, 0) is 11.3 Å². The van der Waals surface area contributed by atoms with Crippen molar-refractivity contribution in [2.45, 2.75) is 13.5 Å². The molecule has 0 spiro atoms. The molecule has 1 aromatic carbocycles. The van der Waals surface area contributed by atoms with Crippen molar-refractivity contribution in [2.75, 3.05) is 7.11 Å². The molecular weight excluding hydrogens is 370 g/mol. The highest BCUT2D eigenvalue weighted by atomic mass is 32.1. The Morgan fingerprint density at radius 1 is 1.04 bits per heavy atom. The third-order valence-corrected chi connectivity index (χ3v) is 5.67. The Labute approximate surface area is 165 Å². The van der Waals surface area contributed by atoms with Crippen LogP contribution in [0.3, 0.4) is 0 Å². The fraction of sp³-hybridized carbons (Fsp3) is 0.136. The minimum Gasteiger partial charge on any atom is -0.461 e. The zero-order valence-electron chi connectivity index (χ0n) is 15.5. The average molecular weight is 387 g/mol. The Morgan fingerprint density at radius 3 is 2.64 bits per heavy atom. The van der Waals surface area contributed by atoms with Gasteiger partial charge in [0.25, 0.3) is 0 Å². The number of benzene rings is 1. The number of pyridine rings is 1. The Bertz CT molecular complexity index is 1280. The lowest BCUT2D eigenvalue weighted by Gasteiger charge is -2.06. The van der Waals surface area contributed by atoms with Crippen molar-refractivity contribution < 1.29 is 9.15 Å². The van der Waals surface area contributed by atoms with E-state index >= 15 is 0 Å². The number of ether oxygens (including phenoxy) is 1. The predicted molar refractivity (Wildman–Crippen MR) is 111 cm³/mol. The summed E-state index contributed by atoms with van der Waals surface area (Å²) in [6.07, 6.45) is 1.64. The van der Waals surface area contributed by atoms with E-state index in [-0.39, 0.29) is 0 Å². The van der Waals surface area contributed by atoms with E-state index < -0.39 is 0 Å². The highest BCUT2D eigenvalue weighted by Gasteiger charge is 2.20. The van der Waals surface area contributed by atoms with E-state index in [1.807, 2.05) is 37.3 Å². The molecule has 0 saturated carbocycles. The van der Waals surface area contributed by atoms with Gasteiger partial charge in [0.15, 0.2) is 11.6 Å². The Kier molecular flexibility index (Phi) is 4.15. The summed E-state index contributed by atoms with van der Waals surface area (Å²) in [5, 5.41) is 1.03. The molecule has 0 fully saturated rings. The van der Waals surface area contributed by atoms with Crippen molar-refractivity contribution in [2.24, 2.45) is 0 Å². The molecule has 5 nitrogen and oxygen atoms in total. The highest BCUT2D eigenvalue weighted by Crippen LogP contribution is 2.40. The molecule has 0 aliphatic rings. The second kappa shape index (κ2) is 6.82. The Balaban J connectivity index is 1.91. The largest absolute Gasteiger partial charge is 0.461 e. The molecule has 0 bridgehead atoms. The van der Waals surface area contributed by atoms with Crippen molar-refractivity contribution in [3.8, 4) is 22.8 Å². The maximum atomic E-state index is 5.58. The van der Waals surface area contributed by atoms with E-state index in [1.54, 1.807) is 24.7 Å². The van der Waals surface area contributed by atoms with Crippen LogP contribution < -0.4 is 0 Å². The van der Waals surface area contributed by atoms with Gasteiger partial charge in [-0.1, -0.05) is 30.3 Å². The smallest absolute Gasteiger partial charge is 0.196 e. The lowest BCUT2D eigenvalue weighted by Crippen LogP contribution is -1.95. The SMILES string of the molecule is COCc1cc(C)nc2sc3c(-c4ccccc4)nc(-c4ccco4)nc3c12. The monoisotopic (exact) mass is 387 g/mol. The molecule has 0 saturated heterocycles. The lowest BCUT2D eigenvalue weighted by molar-refractivity contribution is 0.186. The molecule has 0 aliphatic heterocycles. The minimum absolute atomic E-state index is 0.506. The molecule has 0 radical (unpaired) electrons. The number of fused-ring (bicyclic) bond motifs is 3. The number of methoxy groups -OCH3 is 1. The molecule has 0 atom stereocenters. The molecule has 0 unspecified atom stereocenters. The first kappa shape index (κ1) is 17.0. The van der Waals surface area contributed by atoms with Crippen LogP contribution in [0.15, 0.2) is 59.2 Å². The molecule has 138 valence electrons. The maximum absolute atomic E-state index is 5.58. The van der Waals surface area contributed by atoms with Crippen LogP contribution in [0, 0.1) is 6.92 Å². The molecule has 0 N–H and O–H groups in total. The van der Waals surface area contributed by atoms with Crippen LogP contribution in [0.2, 0.25) is 0 Å². The van der Waals surface area contributed by atoms with Crippen molar-refractivity contribution in [3.63, 3.8) is 0 Å². The summed E-state index contributed by atoms with van der Waals surface area (Å²) >= 11 is 1.62. The average Bonchev–Trinajstić information content (AvgIpc) is 3.35. The van der Waals surface area contributed by atoms with E-state index in [1.165, 1.54) is 0 Å². The van der Waals surface area contributed by atoms with E-state index in [9.17, 15) is 0 Å². The normalized spacial score (nSPS) is 11.5. The minimum atomic E-state index is 0.506. The van der Waals surface area contributed by atoms with E-state index in [2.05, 4.69) is 18.2 Å². The molecule has 28 heavy (non-hydrogen) atoms. The van der Waals surface area contributed by atoms with Gasteiger partial charge in [-0.2, -0.15) is 0 Å². The van der Waals surface area contributed by atoms with Crippen LogP contribution in [0.4, 0.5) is 0 Å². The maximum Gasteiger partial charge on any atom is 0.196 e. The van der Waals surface area contributed by atoms with Gasteiger partial charge in [0, 0.05) is 23.8 Å². The summed E-state index contributed by atoms with van der Waals surface area (Å²) in [6.45, 7) is 2.51. The van der Waals surface area contributed by atoms with Crippen LogP contribution in [-0.4, -0.2) is 22.1 Å². The predicted octanol–water partition coefficient (Wildman–Crippen LogP) is 5.62. The number of thiophene rings is 1. The second-order valence-electron chi connectivity index (χ2n) is 6.55. The van der Waals surface area contributed by atoms with Gasteiger partial charge in [-0.3, -0.25) is 0 Å². The first-order valence-electron chi connectivity index (χ1n) is 8.93.